The molecule has 0 nitrogen and oxygen atoms in total. The zero-order chi connectivity index (χ0) is 14.0. The molecule has 0 heterocycles. The van der Waals surface area contributed by atoms with E-state index < -0.39 is 0 Å². The van der Waals surface area contributed by atoms with Gasteiger partial charge < -0.3 is 0 Å². The predicted octanol–water partition coefficient (Wildman–Crippen LogP) is 4.81. The van der Waals surface area contributed by atoms with Crippen LogP contribution in [0, 0.1) is 5.82 Å². The van der Waals surface area contributed by atoms with Crippen molar-refractivity contribution < 1.29 is 4.39 Å². The summed E-state index contributed by atoms with van der Waals surface area (Å²) in [5, 5.41) is 0. The van der Waals surface area contributed by atoms with Crippen LogP contribution in [-0.2, 0) is 0 Å². The van der Waals surface area contributed by atoms with Crippen LogP contribution in [0.2, 0.25) is 0 Å². The van der Waals surface area contributed by atoms with Gasteiger partial charge in [-0.05, 0) is 45.5 Å². The van der Waals surface area contributed by atoms with Crippen LogP contribution in [0.4, 0.5) is 4.39 Å². The first kappa shape index (κ1) is 11.3. The van der Waals surface area contributed by atoms with Gasteiger partial charge in [0.15, 0.2) is 0 Å². The fourth-order valence-corrected chi connectivity index (χ4v) is 4.14. The molecule has 0 saturated heterocycles. The fraction of sp³-hybridized carbons (Fsp3) is 0.100. The molecule has 21 heavy (non-hydrogen) atoms. The maximum atomic E-state index is 13.8. The van der Waals surface area contributed by atoms with Crippen molar-refractivity contribution in [1.82, 2.24) is 0 Å². The third kappa shape index (κ3) is 1.33. The van der Waals surface area contributed by atoms with Crippen molar-refractivity contribution >= 4 is 0 Å². The number of hydrogen-bond donors (Lipinski definition) is 0. The molecule has 0 spiro atoms. The van der Waals surface area contributed by atoms with E-state index in [1.807, 2.05) is 6.07 Å². The van der Waals surface area contributed by atoms with E-state index in [2.05, 4.69) is 48.5 Å². The minimum atomic E-state index is -0.142. The first-order valence-corrected chi connectivity index (χ1v) is 7.31. The molecule has 0 aliphatic heterocycles. The molecule has 0 fully saturated rings. The molecule has 0 radical (unpaired) electrons. The third-order valence-corrected chi connectivity index (χ3v) is 4.91. The smallest absolute Gasteiger partial charge is 0.123 e. The van der Waals surface area contributed by atoms with Crippen LogP contribution in [0.5, 0.6) is 0 Å². The normalized spacial score (nSPS) is 20.6. The topological polar surface area (TPSA) is 0 Å². The lowest BCUT2D eigenvalue weighted by Gasteiger charge is -2.42. The molecule has 0 amide bonds. The van der Waals surface area contributed by atoms with Crippen molar-refractivity contribution in [2.75, 3.05) is 0 Å². The van der Waals surface area contributed by atoms with Gasteiger partial charge in [0.25, 0.3) is 0 Å². The van der Waals surface area contributed by atoms with E-state index in [-0.39, 0.29) is 17.7 Å². The molecular formula is C20H13F. The molecule has 3 aliphatic carbocycles. The lowest BCUT2D eigenvalue weighted by molar-refractivity contribution is 0.619. The Hall–Kier alpha value is -2.41. The molecule has 6 rings (SSSR count). The Morgan fingerprint density at radius 2 is 0.952 bits per heavy atom. The van der Waals surface area contributed by atoms with Crippen LogP contribution in [0.1, 0.15) is 45.2 Å². The summed E-state index contributed by atoms with van der Waals surface area (Å²) in [4.78, 5) is 0. The fourth-order valence-electron chi connectivity index (χ4n) is 4.14. The quantitative estimate of drug-likeness (QED) is 0.379. The summed E-state index contributed by atoms with van der Waals surface area (Å²) in [5.74, 6) is 0.280. The molecule has 0 unspecified atom stereocenters. The maximum absolute atomic E-state index is 13.8. The lowest BCUT2D eigenvalue weighted by Crippen LogP contribution is -2.27. The van der Waals surface area contributed by atoms with E-state index in [1.54, 1.807) is 12.1 Å². The van der Waals surface area contributed by atoms with Gasteiger partial charge in [-0.3, -0.25) is 0 Å². The summed E-state index contributed by atoms with van der Waals surface area (Å²) in [7, 11) is 0. The van der Waals surface area contributed by atoms with Crippen molar-refractivity contribution in [3.63, 3.8) is 0 Å². The van der Waals surface area contributed by atoms with Gasteiger partial charge in [-0.1, -0.05) is 54.6 Å². The second-order valence-corrected chi connectivity index (χ2v) is 5.90. The molecule has 2 bridgehead atoms. The van der Waals surface area contributed by atoms with Crippen molar-refractivity contribution in [3.05, 3.63) is 106 Å². The van der Waals surface area contributed by atoms with Crippen molar-refractivity contribution in [2.24, 2.45) is 0 Å². The largest absolute Gasteiger partial charge is 0.207 e. The van der Waals surface area contributed by atoms with Crippen LogP contribution in [0.25, 0.3) is 0 Å². The zero-order valence-corrected chi connectivity index (χ0v) is 11.4. The molecule has 0 saturated carbocycles. The maximum Gasteiger partial charge on any atom is 0.123 e. The van der Waals surface area contributed by atoms with Gasteiger partial charge in [-0.15, -0.1) is 0 Å². The molecule has 0 N–H and O–H groups in total. The summed E-state index contributed by atoms with van der Waals surface area (Å²) >= 11 is 0. The van der Waals surface area contributed by atoms with Crippen molar-refractivity contribution in [2.45, 2.75) is 11.8 Å². The minimum absolute atomic E-state index is 0.142. The van der Waals surface area contributed by atoms with Gasteiger partial charge in [-0.2, -0.15) is 0 Å². The molecule has 3 aromatic carbocycles. The molecule has 3 aromatic rings. The second-order valence-electron chi connectivity index (χ2n) is 5.90. The van der Waals surface area contributed by atoms with Gasteiger partial charge >= 0.3 is 0 Å². The Morgan fingerprint density at radius 1 is 0.524 bits per heavy atom. The van der Waals surface area contributed by atoms with Gasteiger partial charge in [0.05, 0.1) is 0 Å². The van der Waals surface area contributed by atoms with Gasteiger partial charge in [0, 0.05) is 11.8 Å². The average Bonchev–Trinajstić information content (AvgIpc) is 2.54. The van der Waals surface area contributed by atoms with Gasteiger partial charge in [-0.25, -0.2) is 4.39 Å². The highest BCUT2D eigenvalue weighted by Gasteiger charge is 2.40. The first-order chi connectivity index (χ1) is 10.3. The van der Waals surface area contributed by atoms with Crippen LogP contribution >= 0.6 is 0 Å². The Morgan fingerprint density at radius 3 is 1.48 bits per heavy atom. The van der Waals surface area contributed by atoms with Crippen molar-refractivity contribution in [1.29, 1.82) is 0 Å². The van der Waals surface area contributed by atoms with E-state index in [0.717, 1.165) is 5.56 Å². The van der Waals surface area contributed by atoms with Gasteiger partial charge in [0.2, 0.25) is 0 Å². The standard InChI is InChI=1S/C20H13F/c21-12-9-10-17-18(11-12)20-15-7-3-1-5-13(15)19(17)14-6-2-4-8-16(14)20/h1-11,19-20H. The van der Waals surface area contributed by atoms with E-state index in [9.17, 15) is 4.39 Å². The van der Waals surface area contributed by atoms with Crippen LogP contribution in [-0.4, -0.2) is 0 Å². The number of rotatable bonds is 0. The molecule has 100 valence electrons. The SMILES string of the molecule is Fc1ccc2c(c1)C1c3ccccc3C2c2ccccc21. The third-order valence-electron chi connectivity index (χ3n) is 4.91. The summed E-state index contributed by atoms with van der Waals surface area (Å²) in [5.41, 5.74) is 7.82. The molecule has 0 atom stereocenters. The summed E-state index contributed by atoms with van der Waals surface area (Å²) in [6.07, 6.45) is 0. The van der Waals surface area contributed by atoms with Crippen LogP contribution in [0.3, 0.4) is 0 Å². The lowest BCUT2D eigenvalue weighted by atomic mass is 9.61. The Kier molecular flexibility index (Phi) is 2.05. The minimum Gasteiger partial charge on any atom is -0.207 e. The van der Waals surface area contributed by atoms with Gasteiger partial charge in [0.1, 0.15) is 5.82 Å². The molecule has 1 heteroatoms. The van der Waals surface area contributed by atoms with E-state index in [1.165, 1.54) is 27.8 Å². The van der Waals surface area contributed by atoms with Crippen LogP contribution < -0.4 is 0 Å². The summed E-state index contributed by atoms with van der Waals surface area (Å²) in [6.45, 7) is 0. The number of hydrogen-bond acceptors (Lipinski definition) is 0. The average molecular weight is 272 g/mol. The van der Waals surface area contributed by atoms with E-state index in [4.69, 9.17) is 0 Å². The molecular weight excluding hydrogens is 259 g/mol. The number of halogens is 1. The van der Waals surface area contributed by atoms with E-state index in [0.29, 0.717) is 0 Å². The van der Waals surface area contributed by atoms with Crippen LogP contribution in [0.15, 0.2) is 66.7 Å². The second kappa shape index (κ2) is 3.82. The first-order valence-electron chi connectivity index (χ1n) is 7.31. The summed E-state index contributed by atoms with van der Waals surface area (Å²) in [6, 6.07) is 22.5. The van der Waals surface area contributed by atoms with Crippen molar-refractivity contribution in [3.8, 4) is 0 Å². The van der Waals surface area contributed by atoms with E-state index >= 15 is 0 Å². The highest BCUT2D eigenvalue weighted by atomic mass is 19.1. The highest BCUT2D eigenvalue weighted by molar-refractivity contribution is 5.67. The predicted molar refractivity (Wildman–Crippen MR) is 81.2 cm³/mol. The highest BCUT2D eigenvalue weighted by Crippen LogP contribution is 2.55. The Balaban J connectivity index is 1.92. The Labute approximate surface area is 122 Å². The summed E-state index contributed by atoms with van der Waals surface area (Å²) < 4.78 is 13.8. The molecule has 3 aliphatic rings. The number of benzene rings is 3. The monoisotopic (exact) mass is 272 g/mol. The zero-order valence-electron chi connectivity index (χ0n) is 11.4. The molecule has 0 aromatic heterocycles. The Bertz CT molecular complexity index is 831.